The van der Waals surface area contributed by atoms with Crippen LogP contribution in [0.2, 0.25) is 0 Å². The molecule has 0 aromatic carbocycles. The molecule has 0 heterocycles. The van der Waals surface area contributed by atoms with Crippen LogP contribution < -0.4 is 5.73 Å². The van der Waals surface area contributed by atoms with Gasteiger partial charge < -0.3 is 5.73 Å². The topological polar surface area (TPSA) is 43.1 Å². The number of carbonyl (C=O) groups excluding carboxylic acids is 1. The van der Waals surface area contributed by atoms with Gasteiger partial charge in [-0.25, -0.2) is 0 Å². The van der Waals surface area contributed by atoms with Crippen LogP contribution in [0.1, 0.15) is 26.2 Å². The Balaban J connectivity index is 2.30. The first-order valence-corrected chi connectivity index (χ1v) is 3.54. The molecule has 52 valence electrons. The zero-order valence-electron chi connectivity index (χ0n) is 5.76. The summed E-state index contributed by atoms with van der Waals surface area (Å²) in [5.41, 5.74) is 5.58. The lowest BCUT2D eigenvalue weighted by Gasteiger charge is -2.04. The Morgan fingerprint density at radius 1 is 1.78 bits per heavy atom. The highest BCUT2D eigenvalue weighted by Crippen LogP contribution is 2.32. The van der Waals surface area contributed by atoms with E-state index in [1.54, 1.807) is 0 Å². The van der Waals surface area contributed by atoms with E-state index >= 15 is 0 Å². The fourth-order valence-electron chi connectivity index (χ4n) is 0.954. The zero-order chi connectivity index (χ0) is 6.85. The molecule has 0 amide bonds. The molecular formula is C7H13NO. The number of ketones is 1. The van der Waals surface area contributed by atoms with Gasteiger partial charge >= 0.3 is 0 Å². The molecule has 0 spiro atoms. The predicted molar refractivity (Wildman–Crippen MR) is 36.0 cm³/mol. The van der Waals surface area contributed by atoms with Crippen molar-refractivity contribution >= 4 is 5.78 Å². The van der Waals surface area contributed by atoms with E-state index in [0.717, 1.165) is 12.8 Å². The first kappa shape index (κ1) is 6.75. The summed E-state index contributed by atoms with van der Waals surface area (Å²) in [5.74, 6) is 0.745. The minimum absolute atomic E-state index is 0.144. The molecule has 1 unspecified atom stereocenters. The van der Waals surface area contributed by atoms with Crippen molar-refractivity contribution in [3.63, 3.8) is 0 Å². The molecule has 0 aliphatic heterocycles. The lowest BCUT2D eigenvalue weighted by atomic mass is 10.1. The summed E-state index contributed by atoms with van der Waals surface area (Å²) in [6, 6.07) is -0.144. The molecule has 1 rings (SSSR count). The Morgan fingerprint density at radius 2 is 2.33 bits per heavy atom. The highest BCUT2D eigenvalue weighted by atomic mass is 16.1. The van der Waals surface area contributed by atoms with Crippen molar-refractivity contribution in [3.8, 4) is 0 Å². The van der Waals surface area contributed by atoms with Crippen molar-refractivity contribution in [2.24, 2.45) is 11.7 Å². The summed E-state index contributed by atoms with van der Waals surface area (Å²) >= 11 is 0. The van der Waals surface area contributed by atoms with E-state index < -0.39 is 0 Å². The lowest BCUT2D eigenvalue weighted by molar-refractivity contribution is -0.120. The van der Waals surface area contributed by atoms with E-state index in [9.17, 15) is 4.79 Å². The van der Waals surface area contributed by atoms with Crippen LogP contribution >= 0.6 is 0 Å². The van der Waals surface area contributed by atoms with Gasteiger partial charge in [-0.1, -0.05) is 6.92 Å². The Morgan fingerprint density at radius 3 is 2.67 bits per heavy atom. The monoisotopic (exact) mass is 127 g/mol. The normalized spacial score (nSPS) is 21.6. The second-order valence-corrected chi connectivity index (χ2v) is 2.68. The van der Waals surface area contributed by atoms with Crippen LogP contribution in [0.5, 0.6) is 0 Å². The SMILES string of the molecule is CCC(=O)C(N)C1CC1. The fourth-order valence-corrected chi connectivity index (χ4v) is 0.954. The average molecular weight is 127 g/mol. The van der Waals surface area contributed by atoms with E-state index in [1.165, 1.54) is 0 Å². The second-order valence-electron chi connectivity index (χ2n) is 2.68. The number of hydrogen-bond donors (Lipinski definition) is 1. The van der Waals surface area contributed by atoms with Gasteiger partial charge in [0.2, 0.25) is 0 Å². The quantitative estimate of drug-likeness (QED) is 0.606. The second kappa shape index (κ2) is 2.48. The fraction of sp³-hybridized carbons (Fsp3) is 0.857. The van der Waals surface area contributed by atoms with Crippen molar-refractivity contribution in [1.29, 1.82) is 0 Å². The first-order valence-electron chi connectivity index (χ1n) is 3.54. The van der Waals surface area contributed by atoms with E-state index in [4.69, 9.17) is 5.73 Å². The highest BCUT2D eigenvalue weighted by molar-refractivity contribution is 5.84. The van der Waals surface area contributed by atoms with Gasteiger partial charge in [-0.15, -0.1) is 0 Å². The van der Waals surface area contributed by atoms with Gasteiger partial charge in [0.1, 0.15) is 5.78 Å². The molecule has 0 saturated heterocycles. The van der Waals surface area contributed by atoms with Gasteiger partial charge in [0, 0.05) is 6.42 Å². The molecule has 1 aliphatic carbocycles. The summed E-state index contributed by atoms with van der Waals surface area (Å²) in [4.78, 5) is 10.9. The molecule has 0 radical (unpaired) electrons. The van der Waals surface area contributed by atoms with E-state index in [1.807, 2.05) is 6.92 Å². The van der Waals surface area contributed by atoms with Gasteiger partial charge in [0.15, 0.2) is 0 Å². The Bertz CT molecular complexity index is 118. The molecule has 0 bridgehead atoms. The van der Waals surface area contributed by atoms with Crippen molar-refractivity contribution in [3.05, 3.63) is 0 Å². The van der Waals surface area contributed by atoms with Crippen molar-refractivity contribution in [1.82, 2.24) is 0 Å². The largest absolute Gasteiger partial charge is 0.321 e. The Hall–Kier alpha value is -0.370. The van der Waals surface area contributed by atoms with Gasteiger partial charge in [-0.3, -0.25) is 4.79 Å². The number of rotatable bonds is 3. The molecule has 9 heavy (non-hydrogen) atoms. The third kappa shape index (κ3) is 1.52. The molecule has 2 N–H and O–H groups in total. The number of hydrogen-bond acceptors (Lipinski definition) is 2. The molecule has 1 fully saturated rings. The van der Waals surface area contributed by atoms with E-state index in [0.29, 0.717) is 12.3 Å². The minimum Gasteiger partial charge on any atom is -0.321 e. The Labute approximate surface area is 55.4 Å². The molecule has 1 atom stereocenters. The summed E-state index contributed by atoms with van der Waals surface area (Å²) < 4.78 is 0. The third-order valence-electron chi connectivity index (χ3n) is 1.85. The number of Topliss-reactive ketones (excluding diaryl/α,β-unsaturated/α-hetero) is 1. The molecular weight excluding hydrogens is 114 g/mol. The van der Waals surface area contributed by atoms with Crippen LogP contribution in [0.25, 0.3) is 0 Å². The van der Waals surface area contributed by atoms with Gasteiger partial charge in [0.25, 0.3) is 0 Å². The predicted octanol–water partition coefficient (Wildman–Crippen LogP) is 0.703. The molecule has 0 aromatic heterocycles. The van der Waals surface area contributed by atoms with Gasteiger partial charge in [-0.05, 0) is 18.8 Å². The van der Waals surface area contributed by atoms with Crippen LogP contribution in [0, 0.1) is 5.92 Å². The van der Waals surface area contributed by atoms with Crippen molar-refractivity contribution < 1.29 is 4.79 Å². The van der Waals surface area contributed by atoms with Crippen LogP contribution in [-0.2, 0) is 4.79 Å². The molecule has 1 aliphatic rings. The third-order valence-corrected chi connectivity index (χ3v) is 1.85. The standard InChI is InChI=1S/C7H13NO/c1-2-6(9)7(8)5-3-4-5/h5,7H,2-4,8H2,1H3. The van der Waals surface area contributed by atoms with Crippen molar-refractivity contribution in [2.45, 2.75) is 32.2 Å². The smallest absolute Gasteiger partial charge is 0.149 e. The van der Waals surface area contributed by atoms with E-state index in [-0.39, 0.29) is 11.8 Å². The maximum atomic E-state index is 10.9. The highest BCUT2D eigenvalue weighted by Gasteiger charge is 2.31. The minimum atomic E-state index is -0.144. The first-order chi connectivity index (χ1) is 4.25. The maximum Gasteiger partial charge on any atom is 0.149 e. The number of carbonyl (C=O) groups is 1. The molecule has 0 aromatic rings. The molecule has 2 nitrogen and oxygen atoms in total. The summed E-state index contributed by atoms with van der Waals surface area (Å²) in [6.07, 6.45) is 2.91. The van der Waals surface area contributed by atoms with Crippen LogP contribution in [0.3, 0.4) is 0 Å². The average Bonchev–Trinajstić information content (AvgIpc) is 2.66. The number of nitrogens with two attached hydrogens (primary N) is 1. The molecule has 1 saturated carbocycles. The van der Waals surface area contributed by atoms with Crippen molar-refractivity contribution in [2.75, 3.05) is 0 Å². The maximum absolute atomic E-state index is 10.9. The van der Waals surface area contributed by atoms with Crippen LogP contribution in [0.15, 0.2) is 0 Å². The molecule has 2 heteroatoms. The van der Waals surface area contributed by atoms with Crippen LogP contribution in [-0.4, -0.2) is 11.8 Å². The zero-order valence-corrected chi connectivity index (χ0v) is 5.76. The van der Waals surface area contributed by atoms with Crippen LogP contribution in [0.4, 0.5) is 0 Å². The van der Waals surface area contributed by atoms with Gasteiger partial charge in [-0.2, -0.15) is 0 Å². The Kier molecular flexibility index (Phi) is 1.86. The van der Waals surface area contributed by atoms with E-state index in [2.05, 4.69) is 0 Å². The summed E-state index contributed by atoms with van der Waals surface area (Å²) in [6.45, 7) is 1.87. The summed E-state index contributed by atoms with van der Waals surface area (Å²) in [5, 5.41) is 0. The van der Waals surface area contributed by atoms with Gasteiger partial charge in [0.05, 0.1) is 6.04 Å². The lowest BCUT2D eigenvalue weighted by Crippen LogP contribution is -2.31. The summed E-state index contributed by atoms with van der Waals surface area (Å²) in [7, 11) is 0.